The summed E-state index contributed by atoms with van der Waals surface area (Å²) in [6.45, 7) is 9.47. The van der Waals surface area contributed by atoms with E-state index in [4.69, 9.17) is 0 Å². The van der Waals surface area contributed by atoms with E-state index < -0.39 is 4.92 Å². The summed E-state index contributed by atoms with van der Waals surface area (Å²) in [5.74, 6) is -0.489. The van der Waals surface area contributed by atoms with Crippen LogP contribution in [0.4, 0.5) is 5.69 Å². The first kappa shape index (κ1) is 27.5. The third-order valence-electron chi connectivity index (χ3n) is 7.08. The number of nitrogens with zero attached hydrogens (tertiary/aromatic N) is 3. The van der Waals surface area contributed by atoms with E-state index in [1.165, 1.54) is 33.5 Å². The summed E-state index contributed by atoms with van der Waals surface area (Å²) in [5, 5.41) is 13.3. The summed E-state index contributed by atoms with van der Waals surface area (Å²) in [5.41, 5.74) is 3.53. The molecule has 200 valence electrons. The van der Waals surface area contributed by atoms with E-state index in [1.54, 1.807) is 17.4 Å². The third-order valence-corrected chi connectivity index (χ3v) is 8.07. The summed E-state index contributed by atoms with van der Waals surface area (Å²) in [4.78, 5) is 42.7. The smallest absolute Gasteiger partial charge is 0.270 e. The van der Waals surface area contributed by atoms with Gasteiger partial charge in [0.15, 0.2) is 0 Å². The molecule has 0 aliphatic carbocycles. The average Bonchev–Trinajstić information content (AvgIpc) is 3.38. The molecule has 2 aromatic carbocycles. The van der Waals surface area contributed by atoms with Crippen molar-refractivity contribution in [3.05, 3.63) is 97.2 Å². The van der Waals surface area contributed by atoms with E-state index >= 15 is 0 Å². The number of hydrogen-bond acceptors (Lipinski definition) is 5. The van der Waals surface area contributed by atoms with Crippen LogP contribution < -0.4 is 0 Å². The number of hydrogen-bond donors (Lipinski definition) is 0. The fraction of sp³-hybridized carbons (Fsp3) is 0.400. The van der Waals surface area contributed by atoms with E-state index in [1.807, 2.05) is 11.8 Å². The van der Waals surface area contributed by atoms with Crippen LogP contribution in [0.1, 0.15) is 78.5 Å². The molecule has 0 N–H and O–H groups in total. The number of unbranched alkanes of at least 4 members (excludes halogenated alkanes) is 1. The molecule has 1 aliphatic rings. The van der Waals surface area contributed by atoms with Gasteiger partial charge in [-0.05, 0) is 52.5 Å². The predicted octanol–water partition coefficient (Wildman–Crippen LogP) is 6.37. The Labute approximate surface area is 228 Å². The second-order valence-electron chi connectivity index (χ2n) is 10.8. The highest BCUT2D eigenvalue weighted by molar-refractivity contribution is 7.10. The molecule has 1 aromatic heterocycles. The first-order valence-corrected chi connectivity index (χ1v) is 14.0. The van der Waals surface area contributed by atoms with Crippen molar-refractivity contribution >= 4 is 28.8 Å². The Balaban J connectivity index is 1.62. The Hall–Kier alpha value is -3.52. The minimum absolute atomic E-state index is 0.0286. The van der Waals surface area contributed by atoms with Crippen LogP contribution in [0.3, 0.4) is 0 Å². The van der Waals surface area contributed by atoms with E-state index in [2.05, 4.69) is 56.5 Å². The molecule has 0 spiro atoms. The van der Waals surface area contributed by atoms with E-state index in [0.29, 0.717) is 13.1 Å². The zero-order valence-electron chi connectivity index (χ0n) is 22.5. The van der Waals surface area contributed by atoms with Crippen LogP contribution in [0.2, 0.25) is 0 Å². The molecule has 1 atom stereocenters. The number of rotatable bonds is 8. The molecular formula is C30H35N3O4S. The van der Waals surface area contributed by atoms with Crippen LogP contribution in [0, 0.1) is 10.1 Å². The summed E-state index contributed by atoms with van der Waals surface area (Å²) < 4.78 is 0. The van der Waals surface area contributed by atoms with Gasteiger partial charge < -0.3 is 9.80 Å². The second-order valence-corrected chi connectivity index (χ2v) is 11.8. The highest BCUT2D eigenvalue weighted by atomic mass is 32.1. The molecule has 4 rings (SSSR count). The van der Waals surface area contributed by atoms with Crippen molar-refractivity contribution in [3.8, 4) is 0 Å². The van der Waals surface area contributed by atoms with Gasteiger partial charge in [0.25, 0.3) is 11.6 Å². The number of amides is 2. The summed E-state index contributed by atoms with van der Waals surface area (Å²) in [7, 11) is 0. The number of thiophene rings is 1. The summed E-state index contributed by atoms with van der Waals surface area (Å²) in [6.07, 6.45) is 2.38. The number of carbonyl (C=O) groups is 2. The van der Waals surface area contributed by atoms with Gasteiger partial charge in [0.1, 0.15) is 6.54 Å². The molecule has 2 amide bonds. The lowest BCUT2D eigenvalue weighted by Crippen LogP contribution is -2.47. The fourth-order valence-electron chi connectivity index (χ4n) is 4.90. The minimum atomic E-state index is -0.514. The van der Waals surface area contributed by atoms with Crippen LogP contribution in [0.5, 0.6) is 0 Å². The molecule has 1 aliphatic heterocycles. The molecule has 0 fully saturated rings. The van der Waals surface area contributed by atoms with Crippen LogP contribution in [0.25, 0.3) is 0 Å². The van der Waals surface area contributed by atoms with Crippen LogP contribution in [-0.2, 0) is 16.6 Å². The zero-order valence-corrected chi connectivity index (χ0v) is 23.3. The molecule has 7 nitrogen and oxygen atoms in total. The number of nitro benzene ring substituents is 1. The molecule has 2 heterocycles. The molecule has 8 heteroatoms. The van der Waals surface area contributed by atoms with Crippen molar-refractivity contribution in [3.63, 3.8) is 0 Å². The van der Waals surface area contributed by atoms with Crippen LogP contribution >= 0.6 is 11.3 Å². The van der Waals surface area contributed by atoms with Crippen molar-refractivity contribution < 1.29 is 14.5 Å². The maximum atomic E-state index is 13.9. The molecular weight excluding hydrogens is 498 g/mol. The largest absolute Gasteiger partial charge is 0.330 e. The third kappa shape index (κ3) is 5.96. The summed E-state index contributed by atoms with van der Waals surface area (Å²) in [6, 6.07) is 16.1. The van der Waals surface area contributed by atoms with Gasteiger partial charge in [-0.3, -0.25) is 19.7 Å². The summed E-state index contributed by atoms with van der Waals surface area (Å²) >= 11 is 1.72. The maximum absolute atomic E-state index is 13.9. The van der Waals surface area contributed by atoms with Crippen LogP contribution in [-0.4, -0.2) is 46.2 Å². The highest BCUT2D eigenvalue weighted by Gasteiger charge is 2.34. The first-order chi connectivity index (χ1) is 18.1. The standard InChI is InChI=1S/C30H35N3O4S/c1-5-6-16-31(29(35)22-8-7-9-24(19-22)33(36)37)20-27(34)32-17-14-26-25(15-18-38-26)28(32)21-10-12-23(13-11-21)30(2,3)4/h7-13,15,18-19,28H,5-6,14,16-17,20H2,1-4H3. The molecule has 1 unspecified atom stereocenters. The lowest BCUT2D eigenvalue weighted by molar-refractivity contribution is -0.384. The van der Waals surface area contributed by atoms with Gasteiger partial charge in [-0.25, -0.2) is 0 Å². The van der Waals surface area contributed by atoms with Crippen molar-refractivity contribution in [2.45, 2.75) is 58.4 Å². The van der Waals surface area contributed by atoms with E-state index in [0.717, 1.165) is 30.4 Å². The van der Waals surface area contributed by atoms with Gasteiger partial charge in [-0.1, -0.05) is 64.4 Å². The zero-order chi connectivity index (χ0) is 27.4. The van der Waals surface area contributed by atoms with E-state index in [9.17, 15) is 19.7 Å². The molecule has 0 saturated carbocycles. The number of non-ortho nitro benzene ring substituents is 1. The predicted molar refractivity (Wildman–Crippen MR) is 151 cm³/mol. The van der Waals surface area contributed by atoms with Gasteiger partial charge >= 0.3 is 0 Å². The van der Waals surface area contributed by atoms with Gasteiger partial charge in [0.05, 0.1) is 11.0 Å². The number of benzene rings is 2. The molecule has 0 saturated heterocycles. The Morgan fingerprint density at radius 3 is 2.53 bits per heavy atom. The lowest BCUT2D eigenvalue weighted by Gasteiger charge is -2.38. The van der Waals surface area contributed by atoms with E-state index in [-0.39, 0.29) is 41.1 Å². The number of fused-ring (bicyclic) bond motifs is 1. The topological polar surface area (TPSA) is 83.8 Å². The molecule has 38 heavy (non-hydrogen) atoms. The van der Waals surface area contributed by atoms with Gasteiger partial charge in [-0.2, -0.15) is 0 Å². The second kappa shape index (κ2) is 11.5. The van der Waals surface area contributed by atoms with Crippen molar-refractivity contribution in [1.82, 2.24) is 9.80 Å². The average molecular weight is 534 g/mol. The van der Waals surface area contributed by atoms with Gasteiger partial charge in [-0.15, -0.1) is 11.3 Å². The Morgan fingerprint density at radius 2 is 1.87 bits per heavy atom. The normalized spacial score (nSPS) is 15.2. The first-order valence-electron chi connectivity index (χ1n) is 13.1. The van der Waals surface area contributed by atoms with Crippen molar-refractivity contribution in [2.75, 3.05) is 19.6 Å². The Morgan fingerprint density at radius 1 is 1.13 bits per heavy atom. The number of carbonyl (C=O) groups excluding carboxylic acids is 2. The van der Waals surface area contributed by atoms with Crippen molar-refractivity contribution in [1.29, 1.82) is 0 Å². The minimum Gasteiger partial charge on any atom is -0.330 e. The fourth-order valence-corrected chi connectivity index (χ4v) is 5.80. The van der Waals surface area contributed by atoms with Crippen molar-refractivity contribution in [2.24, 2.45) is 0 Å². The Kier molecular flexibility index (Phi) is 8.31. The quantitative estimate of drug-likeness (QED) is 0.249. The Bertz CT molecular complexity index is 1310. The monoisotopic (exact) mass is 533 g/mol. The number of nitro groups is 1. The van der Waals surface area contributed by atoms with Crippen LogP contribution in [0.15, 0.2) is 60.0 Å². The molecule has 0 bridgehead atoms. The SMILES string of the molecule is CCCCN(CC(=O)N1CCc2sccc2C1c1ccc(C(C)(C)C)cc1)C(=O)c1cccc([N+](=O)[O-])c1. The maximum Gasteiger partial charge on any atom is 0.270 e. The highest BCUT2D eigenvalue weighted by Crippen LogP contribution is 2.38. The van der Waals surface area contributed by atoms with Gasteiger partial charge in [0, 0.05) is 35.7 Å². The lowest BCUT2D eigenvalue weighted by atomic mass is 9.85. The molecule has 3 aromatic rings. The van der Waals surface area contributed by atoms with Gasteiger partial charge in [0.2, 0.25) is 5.91 Å². The molecule has 0 radical (unpaired) electrons.